The lowest BCUT2D eigenvalue weighted by Gasteiger charge is -2.22. The lowest BCUT2D eigenvalue weighted by Crippen LogP contribution is -2.35. The summed E-state index contributed by atoms with van der Waals surface area (Å²) < 4.78 is 26.0. The Kier molecular flexibility index (Phi) is 6.75. The van der Waals surface area contributed by atoms with E-state index in [-0.39, 0.29) is 29.5 Å². The van der Waals surface area contributed by atoms with Crippen LogP contribution in [0.4, 0.5) is 5.82 Å². The number of hydrogen-bond acceptors (Lipinski definition) is 9. The molecule has 162 valence electrons. The molecule has 1 saturated heterocycles. The van der Waals surface area contributed by atoms with Crippen molar-refractivity contribution in [1.29, 1.82) is 0 Å². The van der Waals surface area contributed by atoms with Gasteiger partial charge in [-0.05, 0) is 12.8 Å². The molecule has 1 aliphatic heterocycles. The molecule has 3 rings (SSSR count). The Bertz CT molecular complexity index is 879. The minimum Gasteiger partial charge on any atom is -0.388 e. The van der Waals surface area contributed by atoms with Crippen LogP contribution in [0.5, 0.6) is 0 Å². The second-order valence-electron chi connectivity index (χ2n) is 7.36. The molecule has 3 heterocycles. The number of nitrogen functional groups attached to an aromatic ring is 1. The highest BCUT2D eigenvalue weighted by Gasteiger charge is 2.45. The Balaban J connectivity index is 1.76. The Morgan fingerprint density at radius 1 is 1.34 bits per heavy atom. The zero-order valence-corrected chi connectivity index (χ0v) is 17.7. The van der Waals surface area contributed by atoms with E-state index in [2.05, 4.69) is 9.97 Å². The molecule has 2 aromatic heterocycles. The number of nitrogens with zero attached hydrogens (tertiary/aromatic N) is 4. The number of nitrogens with two attached hydrogens (primary N) is 1. The van der Waals surface area contributed by atoms with E-state index in [0.717, 1.165) is 12.7 Å². The fourth-order valence-electron chi connectivity index (χ4n) is 3.29. The third kappa shape index (κ3) is 4.24. The minimum atomic E-state index is -2.21. The molecule has 0 bridgehead atoms. The van der Waals surface area contributed by atoms with E-state index in [1.165, 1.54) is 10.9 Å². The van der Waals surface area contributed by atoms with Crippen molar-refractivity contribution < 1.29 is 34.0 Å². The zero-order chi connectivity index (χ0) is 21.3. The summed E-state index contributed by atoms with van der Waals surface area (Å²) in [5, 5.41) is 30.7. The highest BCUT2D eigenvalue weighted by molar-refractivity contribution is 7.40. The van der Waals surface area contributed by atoms with Crippen molar-refractivity contribution in [3.63, 3.8) is 0 Å². The van der Waals surface area contributed by atoms with E-state index >= 15 is 0 Å². The minimum absolute atomic E-state index is 0.00653. The van der Waals surface area contributed by atoms with Gasteiger partial charge in [-0.1, -0.05) is 30.5 Å². The number of anilines is 1. The van der Waals surface area contributed by atoms with Gasteiger partial charge < -0.3 is 30.4 Å². The summed E-state index contributed by atoms with van der Waals surface area (Å²) in [6.07, 6.45) is -0.267. The SMILES string of the molecule is CCC(C[C@H]1O[C@H](n2cnc3c(N)[n+](O)cnc32)[C@H](O)[C@@H]1O)O[PH](=O)C(C)CC. The topological polar surface area (TPSA) is 157 Å². The molecule has 29 heavy (non-hydrogen) atoms. The first-order chi connectivity index (χ1) is 13.8. The molecule has 0 saturated carbocycles. The van der Waals surface area contributed by atoms with Gasteiger partial charge >= 0.3 is 0 Å². The van der Waals surface area contributed by atoms with E-state index in [1.54, 1.807) is 0 Å². The van der Waals surface area contributed by atoms with Crippen molar-refractivity contribution >= 4 is 25.0 Å². The van der Waals surface area contributed by atoms with Gasteiger partial charge in [-0.25, -0.2) is 4.98 Å². The maximum absolute atomic E-state index is 12.3. The maximum Gasteiger partial charge on any atom is 0.289 e. The molecule has 7 atom stereocenters. The third-order valence-electron chi connectivity index (χ3n) is 5.41. The Labute approximate surface area is 168 Å². The molecule has 11 nitrogen and oxygen atoms in total. The van der Waals surface area contributed by atoms with Gasteiger partial charge in [0, 0.05) is 12.1 Å². The first-order valence-corrected chi connectivity index (χ1v) is 11.1. The fourth-order valence-corrected chi connectivity index (χ4v) is 4.44. The van der Waals surface area contributed by atoms with Crippen LogP contribution in [-0.2, 0) is 13.8 Å². The summed E-state index contributed by atoms with van der Waals surface area (Å²) in [5.41, 5.74) is 6.31. The molecular weight excluding hydrogens is 401 g/mol. The molecule has 0 amide bonds. The number of aliphatic hydroxyl groups is 2. The molecule has 0 radical (unpaired) electrons. The summed E-state index contributed by atoms with van der Waals surface area (Å²) in [6.45, 7) is 5.75. The van der Waals surface area contributed by atoms with E-state index in [0.29, 0.717) is 16.8 Å². The molecule has 5 N–H and O–H groups in total. The quantitative estimate of drug-likeness (QED) is 0.268. The number of hydrogen-bond donors (Lipinski definition) is 4. The molecule has 0 spiro atoms. The van der Waals surface area contributed by atoms with Crippen molar-refractivity contribution in [2.45, 2.75) is 76.3 Å². The lowest BCUT2D eigenvalue weighted by molar-refractivity contribution is -0.894. The van der Waals surface area contributed by atoms with Gasteiger partial charge in [0.15, 0.2) is 14.3 Å². The summed E-state index contributed by atoms with van der Waals surface area (Å²) in [4.78, 5) is 8.19. The van der Waals surface area contributed by atoms with Crippen molar-refractivity contribution in [3.05, 3.63) is 12.7 Å². The predicted molar refractivity (Wildman–Crippen MR) is 104 cm³/mol. The standard InChI is InChI=1S/C17H28N5O6P/c1-4-9(3)29(26)28-10(5-2)6-11-13(23)14(24)17(27-11)21-7-19-12-15(18)22(25)8-20-16(12)21/h7-11,13-14,17-18,23-25,29H,4-6H2,1-3H3/p+1/t9?,10?,11-,13-,14-,17+/m1/s1. The van der Waals surface area contributed by atoms with Crippen LogP contribution >= 0.6 is 8.03 Å². The van der Waals surface area contributed by atoms with Gasteiger partial charge in [0.25, 0.3) is 12.1 Å². The Morgan fingerprint density at radius 2 is 2.07 bits per heavy atom. The molecule has 0 aliphatic carbocycles. The lowest BCUT2D eigenvalue weighted by atomic mass is 10.0. The highest BCUT2D eigenvalue weighted by Crippen LogP contribution is 2.38. The molecule has 1 aliphatic rings. The van der Waals surface area contributed by atoms with Crippen LogP contribution in [-0.4, -0.2) is 60.0 Å². The summed E-state index contributed by atoms with van der Waals surface area (Å²) in [6, 6.07) is 0. The average Bonchev–Trinajstić information content (AvgIpc) is 3.26. The average molecular weight is 430 g/mol. The highest BCUT2D eigenvalue weighted by atomic mass is 31.1. The van der Waals surface area contributed by atoms with Gasteiger partial charge in [0.2, 0.25) is 11.2 Å². The van der Waals surface area contributed by atoms with Gasteiger partial charge in [-0.15, -0.1) is 0 Å². The number of ether oxygens (including phenoxy) is 1. The predicted octanol–water partition coefficient (Wildman–Crippen LogP) is 0.616. The molecule has 1 fully saturated rings. The van der Waals surface area contributed by atoms with E-state index in [1.807, 2.05) is 20.8 Å². The van der Waals surface area contributed by atoms with Crippen LogP contribution in [0.25, 0.3) is 11.2 Å². The van der Waals surface area contributed by atoms with Gasteiger partial charge in [-0.2, -0.15) is 0 Å². The smallest absolute Gasteiger partial charge is 0.289 e. The molecule has 12 heteroatoms. The van der Waals surface area contributed by atoms with Crippen LogP contribution in [0.15, 0.2) is 12.7 Å². The summed E-state index contributed by atoms with van der Waals surface area (Å²) in [5.74, 6) is -0.00653. The van der Waals surface area contributed by atoms with E-state index in [4.69, 9.17) is 15.0 Å². The van der Waals surface area contributed by atoms with Crippen molar-refractivity contribution in [2.75, 3.05) is 5.73 Å². The molecular formula is C17H29N5O6P+. The second-order valence-corrected chi connectivity index (χ2v) is 9.22. The van der Waals surface area contributed by atoms with Crippen LogP contribution < -0.4 is 10.5 Å². The normalized spacial score (nSPS) is 27.9. The second kappa shape index (κ2) is 8.93. The largest absolute Gasteiger partial charge is 0.388 e. The van der Waals surface area contributed by atoms with Crippen molar-refractivity contribution in [2.24, 2.45) is 0 Å². The summed E-state index contributed by atoms with van der Waals surface area (Å²) in [7, 11) is -2.21. The van der Waals surface area contributed by atoms with Crippen molar-refractivity contribution in [3.8, 4) is 0 Å². The third-order valence-corrected chi connectivity index (χ3v) is 7.18. The number of aliphatic hydroxyl groups excluding tert-OH is 2. The maximum atomic E-state index is 12.3. The van der Waals surface area contributed by atoms with E-state index < -0.39 is 32.6 Å². The first-order valence-electron chi connectivity index (χ1n) is 9.72. The van der Waals surface area contributed by atoms with E-state index in [9.17, 15) is 20.0 Å². The first kappa shape index (κ1) is 21.9. The molecule has 2 aromatic rings. The van der Waals surface area contributed by atoms with Crippen LogP contribution in [0.2, 0.25) is 0 Å². The summed E-state index contributed by atoms with van der Waals surface area (Å²) >= 11 is 0. The number of imidazole rings is 1. The van der Waals surface area contributed by atoms with Gasteiger partial charge in [0.1, 0.15) is 18.5 Å². The zero-order valence-electron chi connectivity index (χ0n) is 16.7. The number of rotatable bonds is 8. The van der Waals surface area contributed by atoms with Crippen LogP contribution in [0, 0.1) is 0 Å². The van der Waals surface area contributed by atoms with Crippen molar-refractivity contribution in [1.82, 2.24) is 14.5 Å². The number of fused-ring (bicyclic) bond motifs is 1. The Morgan fingerprint density at radius 3 is 2.72 bits per heavy atom. The van der Waals surface area contributed by atoms with Crippen LogP contribution in [0.3, 0.4) is 0 Å². The van der Waals surface area contributed by atoms with Crippen LogP contribution in [0.1, 0.15) is 46.3 Å². The molecule has 3 unspecified atom stereocenters. The molecule has 0 aromatic carbocycles. The fraction of sp³-hybridized carbons (Fsp3) is 0.706. The van der Waals surface area contributed by atoms with Gasteiger partial charge in [-0.3, -0.25) is 9.13 Å². The Hall–Kier alpha value is -1.78. The monoisotopic (exact) mass is 430 g/mol. The van der Waals surface area contributed by atoms with Gasteiger partial charge in [0.05, 0.1) is 12.2 Å². The number of aromatic nitrogens is 4.